The van der Waals surface area contributed by atoms with Gasteiger partial charge in [0.15, 0.2) is 6.61 Å². The zero-order chi connectivity index (χ0) is 14.8. The Balaban J connectivity index is 1.70. The van der Waals surface area contributed by atoms with Crippen molar-refractivity contribution in [3.05, 3.63) is 58.6 Å². The van der Waals surface area contributed by atoms with E-state index in [4.69, 9.17) is 4.74 Å². The van der Waals surface area contributed by atoms with Crippen molar-refractivity contribution in [2.45, 2.75) is 19.4 Å². The number of hydrogen-bond donors (Lipinski definition) is 0. The first kappa shape index (κ1) is 14.1. The molecule has 0 fully saturated rings. The molecule has 0 saturated heterocycles. The molecule has 1 unspecified atom stereocenters. The van der Waals surface area contributed by atoms with E-state index in [0.717, 1.165) is 16.6 Å². The van der Waals surface area contributed by atoms with E-state index in [1.54, 1.807) is 0 Å². The monoisotopic (exact) mass is 345 g/mol. The summed E-state index contributed by atoms with van der Waals surface area (Å²) in [6.07, 6.45) is 0.903. The van der Waals surface area contributed by atoms with Gasteiger partial charge < -0.3 is 9.64 Å². The Bertz CT molecular complexity index is 654. The van der Waals surface area contributed by atoms with Gasteiger partial charge >= 0.3 is 0 Å². The van der Waals surface area contributed by atoms with Crippen LogP contribution in [0.4, 0.5) is 5.69 Å². The highest BCUT2D eigenvalue weighted by molar-refractivity contribution is 9.10. The first-order valence-electron chi connectivity index (χ1n) is 6.93. The number of hydrogen-bond acceptors (Lipinski definition) is 2. The van der Waals surface area contributed by atoms with Gasteiger partial charge in [-0.15, -0.1) is 0 Å². The van der Waals surface area contributed by atoms with Gasteiger partial charge in [-0.3, -0.25) is 4.79 Å². The SMILES string of the molecule is CC1Cc2ccccc2N1C(=O)COc1ccc(Br)cc1. The van der Waals surface area contributed by atoms with Crippen molar-refractivity contribution in [1.29, 1.82) is 0 Å². The van der Waals surface area contributed by atoms with E-state index in [1.807, 2.05) is 47.4 Å². The molecule has 0 saturated carbocycles. The maximum atomic E-state index is 12.5. The molecule has 0 aliphatic carbocycles. The van der Waals surface area contributed by atoms with Gasteiger partial charge in [0.1, 0.15) is 5.75 Å². The van der Waals surface area contributed by atoms with Crippen molar-refractivity contribution in [2.24, 2.45) is 0 Å². The molecule has 3 nitrogen and oxygen atoms in total. The van der Waals surface area contributed by atoms with E-state index in [1.165, 1.54) is 5.56 Å². The van der Waals surface area contributed by atoms with Crippen LogP contribution in [0.2, 0.25) is 0 Å². The minimum Gasteiger partial charge on any atom is -0.484 e. The highest BCUT2D eigenvalue weighted by atomic mass is 79.9. The van der Waals surface area contributed by atoms with Gasteiger partial charge in [-0.1, -0.05) is 34.1 Å². The Morgan fingerprint density at radius 2 is 1.95 bits per heavy atom. The molecule has 2 aromatic carbocycles. The smallest absolute Gasteiger partial charge is 0.265 e. The number of benzene rings is 2. The lowest BCUT2D eigenvalue weighted by Gasteiger charge is -2.22. The lowest BCUT2D eigenvalue weighted by Crippen LogP contribution is -2.39. The molecule has 1 heterocycles. The molecule has 108 valence electrons. The topological polar surface area (TPSA) is 29.5 Å². The fourth-order valence-electron chi connectivity index (χ4n) is 2.69. The van der Waals surface area contributed by atoms with Crippen molar-refractivity contribution < 1.29 is 9.53 Å². The maximum Gasteiger partial charge on any atom is 0.265 e. The fourth-order valence-corrected chi connectivity index (χ4v) is 2.96. The summed E-state index contributed by atoms with van der Waals surface area (Å²) in [5.74, 6) is 0.696. The predicted molar refractivity (Wildman–Crippen MR) is 86.7 cm³/mol. The van der Waals surface area contributed by atoms with E-state index in [9.17, 15) is 4.79 Å². The lowest BCUT2D eigenvalue weighted by molar-refractivity contribution is -0.120. The Kier molecular flexibility index (Phi) is 3.97. The quantitative estimate of drug-likeness (QED) is 0.846. The number of carbonyl (C=O) groups excluding carboxylic acids is 1. The van der Waals surface area contributed by atoms with Gasteiger partial charge in [-0.25, -0.2) is 0 Å². The van der Waals surface area contributed by atoms with Gasteiger partial charge in [-0.2, -0.15) is 0 Å². The average Bonchev–Trinajstić information content (AvgIpc) is 2.82. The molecule has 0 N–H and O–H groups in total. The zero-order valence-corrected chi connectivity index (χ0v) is 13.3. The lowest BCUT2D eigenvalue weighted by atomic mass is 10.1. The molecule has 21 heavy (non-hydrogen) atoms. The third kappa shape index (κ3) is 2.95. The molecule has 3 rings (SSSR count). The van der Waals surface area contributed by atoms with Crippen molar-refractivity contribution in [2.75, 3.05) is 11.5 Å². The highest BCUT2D eigenvalue weighted by Gasteiger charge is 2.30. The third-order valence-electron chi connectivity index (χ3n) is 3.65. The van der Waals surface area contributed by atoms with Crippen molar-refractivity contribution in [1.82, 2.24) is 0 Å². The van der Waals surface area contributed by atoms with Gasteiger partial charge in [0.2, 0.25) is 0 Å². The number of fused-ring (bicyclic) bond motifs is 1. The van der Waals surface area contributed by atoms with Gasteiger partial charge in [0.05, 0.1) is 0 Å². The second-order valence-electron chi connectivity index (χ2n) is 5.19. The Morgan fingerprint density at radius 3 is 2.71 bits per heavy atom. The van der Waals surface area contributed by atoms with Crippen LogP contribution in [-0.4, -0.2) is 18.6 Å². The highest BCUT2D eigenvalue weighted by Crippen LogP contribution is 2.31. The van der Waals surface area contributed by atoms with E-state index >= 15 is 0 Å². The Hall–Kier alpha value is -1.81. The zero-order valence-electron chi connectivity index (χ0n) is 11.8. The molecular weight excluding hydrogens is 330 g/mol. The predicted octanol–water partition coefficient (Wildman–Crippen LogP) is 3.81. The van der Waals surface area contributed by atoms with Crippen LogP contribution in [0.3, 0.4) is 0 Å². The number of anilines is 1. The van der Waals surface area contributed by atoms with Gasteiger partial charge in [0, 0.05) is 16.2 Å². The number of para-hydroxylation sites is 1. The third-order valence-corrected chi connectivity index (χ3v) is 4.18. The van der Waals surface area contributed by atoms with Crippen molar-refractivity contribution in [3.8, 4) is 5.75 Å². The molecule has 4 heteroatoms. The summed E-state index contributed by atoms with van der Waals surface area (Å²) >= 11 is 3.37. The summed E-state index contributed by atoms with van der Waals surface area (Å²) in [4.78, 5) is 14.3. The van der Waals surface area contributed by atoms with Crippen LogP contribution in [-0.2, 0) is 11.2 Å². The molecule has 0 spiro atoms. The van der Waals surface area contributed by atoms with Crippen LogP contribution in [0.1, 0.15) is 12.5 Å². The van der Waals surface area contributed by atoms with Crippen LogP contribution < -0.4 is 9.64 Å². The number of nitrogens with zero attached hydrogens (tertiary/aromatic N) is 1. The molecule has 1 aliphatic heterocycles. The number of rotatable bonds is 3. The number of ether oxygens (including phenoxy) is 1. The molecule has 0 aromatic heterocycles. The van der Waals surface area contributed by atoms with E-state index in [-0.39, 0.29) is 18.6 Å². The first-order chi connectivity index (χ1) is 10.1. The fraction of sp³-hybridized carbons (Fsp3) is 0.235. The minimum absolute atomic E-state index is 0.00429. The number of halogens is 1. The van der Waals surface area contributed by atoms with Gasteiger partial charge in [0.25, 0.3) is 5.91 Å². The summed E-state index contributed by atoms with van der Waals surface area (Å²) in [7, 11) is 0. The Morgan fingerprint density at radius 1 is 1.24 bits per heavy atom. The molecule has 0 radical (unpaired) electrons. The van der Waals surface area contributed by atoms with Crippen molar-refractivity contribution >= 4 is 27.5 Å². The maximum absolute atomic E-state index is 12.5. The summed E-state index contributed by atoms with van der Waals surface area (Å²) in [5.41, 5.74) is 2.23. The number of amides is 1. The second kappa shape index (κ2) is 5.90. The summed E-state index contributed by atoms with van der Waals surface area (Å²) in [6.45, 7) is 2.12. The molecule has 1 aliphatic rings. The average molecular weight is 346 g/mol. The largest absolute Gasteiger partial charge is 0.484 e. The van der Waals surface area contributed by atoms with E-state index in [2.05, 4.69) is 28.9 Å². The molecular formula is C17H16BrNO2. The van der Waals surface area contributed by atoms with Crippen molar-refractivity contribution in [3.63, 3.8) is 0 Å². The standard InChI is InChI=1S/C17H16BrNO2/c1-12-10-13-4-2-3-5-16(13)19(12)17(20)11-21-15-8-6-14(18)7-9-15/h2-9,12H,10-11H2,1H3. The second-order valence-corrected chi connectivity index (χ2v) is 6.10. The van der Waals surface area contributed by atoms with Gasteiger partial charge in [-0.05, 0) is 49.2 Å². The van der Waals surface area contributed by atoms with Crippen LogP contribution in [0.15, 0.2) is 53.0 Å². The van der Waals surface area contributed by atoms with E-state index in [0.29, 0.717) is 5.75 Å². The van der Waals surface area contributed by atoms with E-state index < -0.39 is 0 Å². The summed E-state index contributed by atoms with van der Waals surface area (Å²) in [6, 6.07) is 15.7. The van der Waals surface area contributed by atoms with Crippen LogP contribution in [0.25, 0.3) is 0 Å². The summed E-state index contributed by atoms with van der Waals surface area (Å²) < 4.78 is 6.58. The Labute approximate surface area is 132 Å². The normalized spacial score (nSPS) is 16.7. The molecule has 0 bridgehead atoms. The molecule has 2 aromatic rings. The first-order valence-corrected chi connectivity index (χ1v) is 7.73. The van der Waals surface area contributed by atoms with Crippen LogP contribution >= 0.6 is 15.9 Å². The van der Waals surface area contributed by atoms with Crippen LogP contribution in [0, 0.1) is 0 Å². The number of carbonyl (C=O) groups is 1. The van der Waals surface area contributed by atoms with Crippen LogP contribution in [0.5, 0.6) is 5.75 Å². The minimum atomic E-state index is -0.00429. The molecule has 1 amide bonds. The summed E-state index contributed by atoms with van der Waals surface area (Å²) in [5, 5.41) is 0. The molecule has 1 atom stereocenters.